The maximum atomic E-state index is 11.8. The molecule has 1 amide bonds. The van der Waals surface area contributed by atoms with Crippen molar-refractivity contribution in [2.45, 2.75) is 19.5 Å². The molecule has 0 aliphatic heterocycles. The van der Waals surface area contributed by atoms with Crippen molar-refractivity contribution in [3.8, 4) is 0 Å². The number of aromatic nitrogens is 4. The predicted octanol–water partition coefficient (Wildman–Crippen LogP) is 1.64. The van der Waals surface area contributed by atoms with E-state index in [0.29, 0.717) is 10.7 Å². The summed E-state index contributed by atoms with van der Waals surface area (Å²) in [5.74, 6) is -0.0866. The lowest BCUT2D eigenvalue weighted by Gasteiger charge is -2.06. The number of carbonyl (C=O) groups is 1. The molecule has 7 nitrogen and oxygen atoms in total. The summed E-state index contributed by atoms with van der Waals surface area (Å²) in [7, 11) is 0. The number of hydrogen-bond acceptors (Lipinski definition) is 5. The zero-order chi connectivity index (χ0) is 14.7. The molecule has 0 fully saturated rings. The Kier molecular flexibility index (Phi) is 4.53. The third kappa shape index (κ3) is 3.66. The van der Waals surface area contributed by atoms with Crippen molar-refractivity contribution >= 4 is 34.9 Å². The van der Waals surface area contributed by atoms with E-state index in [0.717, 1.165) is 0 Å². The van der Waals surface area contributed by atoms with Crippen LogP contribution in [0.5, 0.6) is 0 Å². The number of nitrogens with one attached hydrogen (secondary N) is 1. The summed E-state index contributed by atoms with van der Waals surface area (Å²) in [4.78, 5) is 15.8. The lowest BCUT2D eigenvalue weighted by molar-refractivity contribution is -0.116. The summed E-state index contributed by atoms with van der Waals surface area (Å²) in [6.45, 7) is 1.77. The Morgan fingerprint density at radius 1 is 1.55 bits per heavy atom. The zero-order valence-corrected chi connectivity index (χ0v) is 12.1. The summed E-state index contributed by atoms with van der Waals surface area (Å²) in [5.41, 5.74) is 6.27. The Bertz CT molecular complexity index is 627. The van der Waals surface area contributed by atoms with E-state index in [9.17, 15) is 4.79 Å². The molecule has 0 aliphatic rings. The monoisotopic (exact) mass is 314 g/mol. The van der Waals surface area contributed by atoms with Gasteiger partial charge in [0.2, 0.25) is 5.91 Å². The van der Waals surface area contributed by atoms with E-state index in [-0.39, 0.29) is 29.3 Å². The second-order valence-electron chi connectivity index (χ2n) is 4.16. The minimum absolute atomic E-state index is 0.0135. The van der Waals surface area contributed by atoms with E-state index in [1.165, 1.54) is 16.9 Å². The number of rotatable bonds is 4. The van der Waals surface area contributed by atoms with Gasteiger partial charge >= 0.3 is 0 Å². The van der Waals surface area contributed by atoms with Gasteiger partial charge in [0.1, 0.15) is 6.54 Å². The molecule has 2 rings (SSSR count). The molecule has 106 valence electrons. The molecule has 0 aliphatic carbocycles. The second-order valence-corrected chi connectivity index (χ2v) is 5.01. The van der Waals surface area contributed by atoms with Crippen LogP contribution in [0.4, 0.5) is 5.82 Å². The van der Waals surface area contributed by atoms with Crippen molar-refractivity contribution in [1.29, 1.82) is 0 Å². The van der Waals surface area contributed by atoms with Crippen LogP contribution < -0.4 is 11.1 Å². The van der Waals surface area contributed by atoms with Crippen LogP contribution in [0.2, 0.25) is 10.0 Å². The summed E-state index contributed by atoms with van der Waals surface area (Å²) >= 11 is 11.6. The van der Waals surface area contributed by atoms with Crippen LogP contribution in [0.15, 0.2) is 18.5 Å². The minimum atomic E-state index is -0.331. The fraction of sp³-hybridized carbons (Fsp3) is 0.273. The summed E-state index contributed by atoms with van der Waals surface area (Å²) < 4.78 is 1.39. The molecule has 3 N–H and O–H groups in total. The average molecular weight is 315 g/mol. The van der Waals surface area contributed by atoms with Crippen molar-refractivity contribution in [3.05, 3.63) is 34.2 Å². The fourth-order valence-electron chi connectivity index (χ4n) is 1.42. The molecule has 0 radical (unpaired) electrons. The van der Waals surface area contributed by atoms with Crippen molar-refractivity contribution in [2.75, 3.05) is 5.32 Å². The first-order chi connectivity index (χ1) is 9.45. The molecule has 2 aromatic rings. The fourth-order valence-corrected chi connectivity index (χ4v) is 1.85. The Hall–Kier alpha value is -1.70. The van der Waals surface area contributed by atoms with Gasteiger partial charge in [-0.3, -0.25) is 4.79 Å². The number of anilines is 1. The van der Waals surface area contributed by atoms with E-state index in [1.54, 1.807) is 13.1 Å². The molecule has 9 heteroatoms. The Labute approximate surface area is 125 Å². The molecule has 0 saturated heterocycles. The zero-order valence-electron chi connectivity index (χ0n) is 10.5. The van der Waals surface area contributed by atoms with Gasteiger partial charge < -0.3 is 11.1 Å². The largest absolute Gasteiger partial charge is 0.323 e. The van der Waals surface area contributed by atoms with Gasteiger partial charge in [-0.1, -0.05) is 28.4 Å². The number of nitrogens with zero attached hydrogens (tertiary/aromatic N) is 4. The first-order valence-corrected chi connectivity index (χ1v) is 6.48. The molecule has 0 aromatic carbocycles. The van der Waals surface area contributed by atoms with Gasteiger partial charge in [-0.25, -0.2) is 9.67 Å². The topological polar surface area (TPSA) is 98.7 Å². The molecular formula is C11H12Cl2N6O. The van der Waals surface area contributed by atoms with E-state index in [2.05, 4.69) is 20.6 Å². The van der Waals surface area contributed by atoms with Gasteiger partial charge in [0, 0.05) is 12.2 Å². The smallest absolute Gasteiger partial charge is 0.247 e. The van der Waals surface area contributed by atoms with Gasteiger partial charge in [-0.05, 0) is 13.0 Å². The molecular weight excluding hydrogens is 303 g/mol. The molecule has 2 aromatic heterocycles. The number of carbonyl (C=O) groups excluding carboxylic acids is 1. The summed E-state index contributed by atoms with van der Waals surface area (Å²) in [5, 5.41) is 10.9. The van der Waals surface area contributed by atoms with Crippen LogP contribution in [0.25, 0.3) is 0 Å². The lowest BCUT2D eigenvalue weighted by atomic mass is 10.3. The van der Waals surface area contributed by atoms with Crippen molar-refractivity contribution in [2.24, 2.45) is 5.73 Å². The van der Waals surface area contributed by atoms with E-state index >= 15 is 0 Å². The maximum absolute atomic E-state index is 11.8. The number of pyridine rings is 1. The number of hydrogen-bond donors (Lipinski definition) is 2. The third-order valence-electron chi connectivity index (χ3n) is 2.39. The highest BCUT2D eigenvalue weighted by Crippen LogP contribution is 2.22. The normalized spacial score (nSPS) is 12.2. The summed E-state index contributed by atoms with van der Waals surface area (Å²) in [6, 6.07) is 1.26. The first kappa shape index (κ1) is 14.7. The van der Waals surface area contributed by atoms with E-state index < -0.39 is 0 Å². The van der Waals surface area contributed by atoms with Crippen molar-refractivity contribution in [3.63, 3.8) is 0 Å². The van der Waals surface area contributed by atoms with Crippen molar-refractivity contribution in [1.82, 2.24) is 20.0 Å². The highest BCUT2D eigenvalue weighted by Gasteiger charge is 2.11. The van der Waals surface area contributed by atoms with Crippen LogP contribution in [0.3, 0.4) is 0 Å². The standard InChI is InChI=1S/C11H12Cl2N6O/c1-6(14)9-4-19(18-17-9)5-10(20)16-11-8(13)2-7(12)3-15-11/h2-4,6H,5,14H2,1H3,(H,15,16,20). The number of amides is 1. The number of nitrogens with two attached hydrogens (primary N) is 1. The lowest BCUT2D eigenvalue weighted by Crippen LogP contribution is -2.20. The highest BCUT2D eigenvalue weighted by atomic mass is 35.5. The molecule has 20 heavy (non-hydrogen) atoms. The number of halogens is 2. The molecule has 0 spiro atoms. The average Bonchev–Trinajstić information content (AvgIpc) is 2.81. The molecule has 2 heterocycles. The maximum Gasteiger partial charge on any atom is 0.247 e. The first-order valence-electron chi connectivity index (χ1n) is 5.72. The molecule has 0 saturated carbocycles. The van der Waals surface area contributed by atoms with Crippen LogP contribution in [-0.4, -0.2) is 25.9 Å². The minimum Gasteiger partial charge on any atom is -0.323 e. The quantitative estimate of drug-likeness (QED) is 0.893. The van der Waals surface area contributed by atoms with Gasteiger partial charge in [0.15, 0.2) is 5.82 Å². The molecule has 1 atom stereocenters. The van der Waals surface area contributed by atoms with Gasteiger partial charge in [0.25, 0.3) is 0 Å². The van der Waals surface area contributed by atoms with Gasteiger partial charge in [-0.2, -0.15) is 0 Å². The Balaban J connectivity index is 2.01. The van der Waals surface area contributed by atoms with Crippen LogP contribution >= 0.6 is 23.2 Å². The van der Waals surface area contributed by atoms with E-state index in [4.69, 9.17) is 28.9 Å². The van der Waals surface area contributed by atoms with Crippen molar-refractivity contribution < 1.29 is 4.79 Å². The molecule has 0 bridgehead atoms. The van der Waals surface area contributed by atoms with Gasteiger partial charge in [0.05, 0.1) is 21.9 Å². The van der Waals surface area contributed by atoms with Crippen LogP contribution in [-0.2, 0) is 11.3 Å². The highest BCUT2D eigenvalue weighted by molar-refractivity contribution is 6.36. The summed E-state index contributed by atoms with van der Waals surface area (Å²) in [6.07, 6.45) is 3.01. The third-order valence-corrected chi connectivity index (χ3v) is 2.89. The van der Waals surface area contributed by atoms with E-state index in [1.807, 2.05) is 0 Å². The van der Waals surface area contributed by atoms with Crippen LogP contribution in [0.1, 0.15) is 18.7 Å². The second kappa shape index (κ2) is 6.17. The predicted molar refractivity (Wildman–Crippen MR) is 75.5 cm³/mol. The Morgan fingerprint density at radius 3 is 2.90 bits per heavy atom. The van der Waals surface area contributed by atoms with Gasteiger partial charge in [-0.15, -0.1) is 5.10 Å². The van der Waals surface area contributed by atoms with Crippen LogP contribution in [0, 0.1) is 0 Å². The molecule has 1 unspecified atom stereocenters. The Morgan fingerprint density at radius 2 is 2.30 bits per heavy atom. The SMILES string of the molecule is CC(N)c1cn(CC(=O)Nc2ncc(Cl)cc2Cl)nn1.